The molecule has 0 aromatic carbocycles. The van der Waals surface area contributed by atoms with Crippen LogP contribution >= 0.6 is 0 Å². The SMILES string of the molecule is CC(=O)N1CCCC1(CCCc1ccccn1)C(=O)O. The largest absolute Gasteiger partial charge is 0.479 e. The number of carboxylic acid groups (broad SMARTS) is 1. The molecular weight excluding hydrogens is 256 g/mol. The lowest BCUT2D eigenvalue weighted by Gasteiger charge is -2.34. The van der Waals surface area contributed by atoms with E-state index in [-0.39, 0.29) is 5.91 Å². The number of carbonyl (C=O) groups excluding carboxylic acids is 1. The van der Waals surface area contributed by atoms with Crippen LogP contribution in [0.5, 0.6) is 0 Å². The van der Waals surface area contributed by atoms with Crippen LogP contribution in [0.1, 0.15) is 38.3 Å². The van der Waals surface area contributed by atoms with Gasteiger partial charge in [-0.15, -0.1) is 0 Å². The maximum atomic E-state index is 11.7. The normalized spacial score (nSPS) is 21.9. The van der Waals surface area contributed by atoms with E-state index < -0.39 is 11.5 Å². The highest BCUT2D eigenvalue weighted by Gasteiger charge is 2.48. The number of nitrogens with zero attached hydrogens (tertiary/aromatic N) is 2. The van der Waals surface area contributed by atoms with E-state index >= 15 is 0 Å². The molecule has 0 spiro atoms. The molecule has 20 heavy (non-hydrogen) atoms. The number of likely N-dealkylation sites (tertiary alicyclic amines) is 1. The second kappa shape index (κ2) is 6.03. The molecule has 1 fully saturated rings. The second-order valence-electron chi connectivity index (χ2n) is 5.29. The standard InChI is InChI=1S/C15H20N2O3/c1-12(18)17-11-5-9-15(17,14(19)20)8-4-7-13-6-2-3-10-16-13/h2-3,6,10H,4-5,7-9,11H2,1H3,(H,19,20). The van der Waals surface area contributed by atoms with Gasteiger partial charge >= 0.3 is 5.97 Å². The minimum atomic E-state index is -1.01. The van der Waals surface area contributed by atoms with Gasteiger partial charge in [-0.25, -0.2) is 4.79 Å². The zero-order valence-corrected chi connectivity index (χ0v) is 11.7. The van der Waals surface area contributed by atoms with Crippen molar-refractivity contribution < 1.29 is 14.7 Å². The molecule has 1 unspecified atom stereocenters. The summed E-state index contributed by atoms with van der Waals surface area (Å²) in [6, 6.07) is 5.72. The van der Waals surface area contributed by atoms with E-state index in [1.165, 1.54) is 11.8 Å². The monoisotopic (exact) mass is 276 g/mol. The summed E-state index contributed by atoms with van der Waals surface area (Å²) in [5.41, 5.74) is -0.0546. The molecule has 0 bridgehead atoms. The number of pyridine rings is 1. The van der Waals surface area contributed by atoms with Gasteiger partial charge in [-0.2, -0.15) is 0 Å². The lowest BCUT2D eigenvalue weighted by molar-refractivity contribution is -0.156. The summed E-state index contributed by atoms with van der Waals surface area (Å²) in [6.07, 6.45) is 4.98. The Bertz CT molecular complexity index is 489. The quantitative estimate of drug-likeness (QED) is 0.891. The molecule has 1 amide bonds. The molecule has 0 aliphatic carbocycles. The van der Waals surface area contributed by atoms with Crippen LogP contribution in [0, 0.1) is 0 Å². The summed E-state index contributed by atoms with van der Waals surface area (Å²) in [5.74, 6) is -1.03. The van der Waals surface area contributed by atoms with Crippen LogP contribution in [0.15, 0.2) is 24.4 Å². The van der Waals surface area contributed by atoms with E-state index in [1.807, 2.05) is 18.2 Å². The molecule has 0 saturated carbocycles. The van der Waals surface area contributed by atoms with Crippen LogP contribution in [0.4, 0.5) is 0 Å². The van der Waals surface area contributed by atoms with Crippen LogP contribution in [0.3, 0.4) is 0 Å². The number of aryl methyl sites for hydroxylation is 1. The Balaban J connectivity index is 2.03. The van der Waals surface area contributed by atoms with E-state index in [0.29, 0.717) is 25.8 Å². The maximum absolute atomic E-state index is 11.7. The lowest BCUT2D eigenvalue weighted by atomic mass is 9.89. The number of aromatic nitrogens is 1. The van der Waals surface area contributed by atoms with Crippen LogP contribution in [-0.4, -0.2) is 39.0 Å². The van der Waals surface area contributed by atoms with Gasteiger partial charge in [-0.1, -0.05) is 6.07 Å². The first kappa shape index (κ1) is 14.5. The number of rotatable bonds is 5. The van der Waals surface area contributed by atoms with Crippen molar-refractivity contribution in [2.24, 2.45) is 0 Å². The Morgan fingerprint density at radius 1 is 1.45 bits per heavy atom. The van der Waals surface area contributed by atoms with Crippen LogP contribution in [0.25, 0.3) is 0 Å². The molecule has 1 N–H and O–H groups in total. The Morgan fingerprint density at radius 3 is 2.85 bits per heavy atom. The Kier molecular flexibility index (Phi) is 4.37. The molecule has 0 radical (unpaired) electrons. The predicted molar refractivity (Wildman–Crippen MR) is 74.2 cm³/mol. The van der Waals surface area contributed by atoms with E-state index in [0.717, 1.165) is 18.5 Å². The number of hydrogen-bond acceptors (Lipinski definition) is 3. The molecular formula is C15H20N2O3. The van der Waals surface area contributed by atoms with E-state index in [9.17, 15) is 14.7 Å². The van der Waals surface area contributed by atoms with Gasteiger partial charge in [0, 0.05) is 25.4 Å². The zero-order chi connectivity index (χ0) is 14.6. The molecule has 5 heteroatoms. The van der Waals surface area contributed by atoms with Gasteiger partial charge in [0.1, 0.15) is 5.54 Å². The number of aliphatic carboxylic acids is 1. The van der Waals surface area contributed by atoms with Crippen LogP contribution in [0.2, 0.25) is 0 Å². The first-order chi connectivity index (χ1) is 9.56. The van der Waals surface area contributed by atoms with Crippen molar-refractivity contribution in [3.63, 3.8) is 0 Å². The zero-order valence-electron chi connectivity index (χ0n) is 11.7. The number of carbonyl (C=O) groups is 2. The minimum absolute atomic E-state index is 0.150. The second-order valence-corrected chi connectivity index (χ2v) is 5.29. The third-order valence-corrected chi connectivity index (χ3v) is 4.02. The average molecular weight is 276 g/mol. The summed E-state index contributed by atoms with van der Waals surface area (Å²) in [4.78, 5) is 29.1. The van der Waals surface area contributed by atoms with Crippen molar-refractivity contribution in [1.82, 2.24) is 9.88 Å². The fourth-order valence-electron chi connectivity index (χ4n) is 3.03. The molecule has 1 atom stereocenters. The molecule has 2 rings (SSSR count). The van der Waals surface area contributed by atoms with Gasteiger partial charge in [0.2, 0.25) is 5.91 Å². The summed E-state index contributed by atoms with van der Waals surface area (Å²) in [6.45, 7) is 1.99. The van der Waals surface area contributed by atoms with Gasteiger partial charge in [-0.3, -0.25) is 9.78 Å². The van der Waals surface area contributed by atoms with Crippen LogP contribution < -0.4 is 0 Å². The topological polar surface area (TPSA) is 70.5 Å². The van der Waals surface area contributed by atoms with Crippen molar-refractivity contribution >= 4 is 11.9 Å². The molecule has 5 nitrogen and oxygen atoms in total. The summed E-state index contributed by atoms with van der Waals surface area (Å²) < 4.78 is 0. The van der Waals surface area contributed by atoms with E-state index in [4.69, 9.17) is 0 Å². The fraction of sp³-hybridized carbons (Fsp3) is 0.533. The summed E-state index contributed by atoms with van der Waals surface area (Å²) >= 11 is 0. The Labute approximate surface area is 118 Å². The van der Waals surface area contributed by atoms with E-state index in [2.05, 4.69) is 4.98 Å². The van der Waals surface area contributed by atoms with Gasteiger partial charge < -0.3 is 10.0 Å². The van der Waals surface area contributed by atoms with Crippen molar-refractivity contribution in [1.29, 1.82) is 0 Å². The molecule has 1 saturated heterocycles. The lowest BCUT2D eigenvalue weighted by Crippen LogP contribution is -2.52. The van der Waals surface area contributed by atoms with Crippen molar-refractivity contribution in [3.8, 4) is 0 Å². The molecule has 1 aromatic heterocycles. The number of amides is 1. The van der Waals surface area contributed by atoms with Crippen LogP contribution in [-0.2, 0) is 16.0 Å². The van der Waals surface area contributed by atoms with Gasteiger partial charge in [-0.05, 0) is 44.2 Å². The number of carboxylic acids is 1. The van der Waals surface area contributed by atoms with Crippen molar-refractivity contribution in [3.05, 3.63) is 30.1 Å². The molecule has 1 aliphatic rings. The first-order valence-electron chi connectivity index (χ1n) is 6.98. The average Bonchev–Trinajstić information content (AvgIpc) is 2.85. The van der Waals surface area contributed by atoms with Gasteiger partial charge in [0.05, 0.1) is 0 Å². The predicted octanol–water partition coefficient (Wildman–Crippen LogP) is 1.87. The third-order valence-electron chi connectivity index (χ3n) is 4.02. The van der Waals surface area contributed by atoms with E-state index in [1.54, 1.807) is 6.20 Å². The molecule has 1 aromatic rings. The first-order valence-corrected chi connectivity index (χ1v) is 6.98. The third kappa shape index (κ3) is 2.81. The fourth-order valence-corrected chi connectivity index (χ4v) is 3.03. The highest BCUT2D eigenvalue weighted by atomic mass is 16.4. The van der Waals surface area contributed by atoms with Gasteiger partial charge in [0.25, 0.3) is 0 Å². The maximum Gasteiger partial charge on any atom is 0.329 e. The highest BCUT2D eigenvalue weighted by Crippen LogP contribution is 2.34. The Morgan fingerprint density at radius 2 is 2.25 bits per heavy atom. The summed E-state index contributed by atoms with van der Waals surface area (Å²) in [7, 11) is 0. The molecule has 108 valence electrons. The molecule has 1 aliphatic heterocycles. The Hall–Kier alpha value is -1.91. The molecule has 2 heterocycles. The minimum Gasteiger partial charge on any atom is -0.479 e. The van der Waals surface area contributed by atoms with Gasteiger partial charge in [0.15, 0.2) is 0 Å². The summed E-state index contributed by atoms with van der Waals surface area (Å²) in [5, 5.41) is 9.57. The smallest absolute Gasteiger partial charge is 0.329 e. The highest BCUT2D eigenvalue weighted by molar-refractivity contribution is 5.86. The van der Waals surface area contributed by atoms with Crippen molar-refractivity contribution in [2.45, 2.75) is 44.6 Å². The van der Waals surface area contributed by atoms with Crippen molar-refractivity contribution in [2.75, 3.05) is 6.54 Å². The number of hydrogen-bond donors (Lipinski definition) is 1.